The van der Waals surface area contributed by atoms with E-state index in [1.807, 2.05) is 30.3 Å². The Labute approximate surface area is 121 Å². The number of carbonyl (C=O) groups is 1. The molecular formula is C15H15ClN2O2. The zero-order valence-electron chi connectivity index (χ0n) is 10.8. The smallest absolute Gasteiger partial charge is 0.256 e. The molecule has 1 amide bonds. The van der Waals surface area contributed by atoms with Gasteiger partial charge in [-0.25, -0.2) is 0 Å². The number of nitrogens with one attached hydrogen (secondary N) is 2. The molecule has 0 spiro atoms. The van der Waals surface area contributed by atoms with Crippen molar-refractivity contribution in [2.75, 3.05) is 23.1 Å². The van der Waals surface area contributed by atoms with Crippen molar-refractivity contribution in [2.24, 2.45) is 0 Å². The van der Waals surface area contributed by atoms with Crippen molar-refractivity contribution in [3.8, 4) is 0 Å². The first-order valence-corrected chi connectivity index (χ1v) is 7.08. The van der Waals surface area contributed by atoms with Crippen molar-refractivity contribution in [1.29, 1.82) is 0 Å². The van der Waals surface area contributed by atoms with E-state index in [2.05, 4.69) is 10.6 Å². The lowest BCUT2D eigenvalue weighted by Gasteiger charge is -2.12. The highest BCUT2D eigenvalue weighted by atomic mass is 35.5. The van der Waals surface area contributed by atoms with Crippen LogP contribution in [0.3, 0.4) is 0 Å². The van der Waals surface area contributed by atoms with E-state index in [-0.39, 0.29) is 5.91 Å². The summed E-state index contributed by atoms with van der Waals surface area (Å²) in [6, 6.07) is 9.59. The molecule has 2 aromatic rings. The van der Waals surface area contributed by atoms with Crippen LogP contribution in [-0.2, 0) is 0 Å². The molecule has 3 rings (SSSR count). The minimum absolute atomic E-state index is 0.0823. The Balaban J connectivity index is 1.90. The zero-order chi connectivity index (χ0) is 14.1. The second-order valence-electron chi connectivity index (χ2n) is 4.89. The Bertz CT molecular complexity index is 672. The van der Waals surface area contributed by atoms with Gasteiger partial charge >= 0.3 is 0 Å². The Kier molecular flexibility index (Phi) is 3.51. The molecule has 20 heavy (non-hydrogen) atoms. The summed E-state index contributed by atoms with van der Waals surface area (Å²) in [4.78, 5) is 11.9. The van der Waals surface area contributed by atoms with Gasteiger partial charge in [-0.1, -0.05) is 12.1 Å². The quantitative estimate of drug-likeness (QED) is 0.742. The summed E-state index contributed by atoms with van der Waals surface area (Å²) in [6.07, 6.45) is 0.0523. The lowest BCUT2D eigenvalue weighted by molar-refractivity contribution is 0.103. The van der Waals surface area contributed by atoms with Crippen molar-refractivity contribution in [1.82, 2.24) is 0 Å². The van der Waals surface area contributed by atoms with Gasteiger partial charge < -0.3 is 15.7 Å². The maximum atomic E-state index is 11.9. The molecule has 2 aromatic carbocycles. The van der Waals surface area contributed by atoms with Crippen LogP contribution >= 0.6 is 11.6 Å². The molecule has 1 atom stereocenters. The normalized spacial score (nSPS) is 14.4. The van der Waals surface area contributed by atoms with Gasteiger partial charge in [0.25, 0.3) is 5.91 Å². The summed E-state index contributed by atoms with van der Waals surface area (Å²) in [5.74, 6) is 0.346. The standard InChI is InChI=1S/C15H15ClN2O2/c16-5-4-11(19)8-17-10-6-9-2-1-3-13-14(9)12(7-10)15(20)18-13/h1-3,6-7,11,17,19H,4-5,8H2,(H,18,20). The fourth-order valence-corrected chi connectivity index (χ4v) is 2.72. The topological polar surface area (TPSA) is 61.4 Å². The predicted molar refractivity (Wildman–Crippen MR) is 81.7 cm³/mol. The van der Waals surface area contributed by atoms with Gasteiger partial charge in [0.1, 0.15) is 0 Å². The lowest BCUT2D eigenvalue weighted by atomic mass is 10.0. The monoisotopic (exact) mass is 290 g/mol. The number of benzene rings is 2. The van der Waals surface area contributed by atoms with Crippen molar-refractivity contribution < 1.29 is 9.90 Å². The maximum Gasteiger partial charge on any atom is 0.256 e. The molecule has 0 aromatic heterocycles. The molecule has 1 aliphatic heterocycles. The van der Waals surface area contributed by atoms with Crippen LogP contribution in [0, 0.1) is 0 Å². The summed E-state index contributed by atoms with van der Waals surface area (Å²) < 4.78 is 0. The first-order valence-electron chi connectivity index (χ1n) is 6.55. The van der Waals surface area contributed by atoms with E-state index < -0.39 is 6.10 Å². The van der Waals surface area contributed by atoms with Gasteiger partial charge in [-0.05, 0) is 30.0 Å². The second kappa shape index (κ2) is 5.31. The number of halogens is 1. The highest BCUT2D eigenvalue weighted by Gasteiger charge is 2.21. The number of amides is 1. The number of anilines is 2. The number of alkyl halides is 1. The number of rotatable bonds is 5. The van der Waals surface area contributed by atoms with Crippen LogP contribution in [-0.4, -0.2) is 29.5 Å². The third-order valence-corrected chi connectivity index (χ3v) is 3.67. The van der Waals surface area contributed by atoms with Gasteiger partial charge in [-0.3, -0.25) is 4.79 Å². The maximum absolute atomic E-state index is 11.9. The Hall–Kier alpha value is -1.78. The van der Waals surface area contributed by atoms with E-state index in [0.29, 0.717) is 24.4 Å². The van der Waals surface area contributed by atoms with Crippen LogP contribution in [0.25, 0.3) is 10.8 Å². The largest absolute Gasteiger partial charge is 0.391 e. The molecule has 104 valence electrons. The number of hydrogen-bond acceptors (Lipinski definition) is 3. The molecule has 0 fully saturated rings. The first-order chi connectivity index (χ1) is 9.69. The molecular weight excluding hydrogens is 276 g/mol. The van der Waals surface area contributed by atoms with Gasteiger partial charge in [0.2, 0.25) is 0 Å². The van der Waals surface area contributed by atoms with Gasteiger partial charge in [-0.15, -0.1) is 11.6 Å². The Morgan fingerprint density at radius 2 is 2.20 bits per heavy atom. The van der Waals surface area contributed by atoms with Gasteiger partial charge in [-0.2, -0.15) is 0 Å². The summed E-state index contributed by atoms with van der Waals surface area (Å²) in [6.45, 7) is 0.416. The van der Waals surface area contributed by atoms with Crippen molar-refractivity contribution in [3.63, 3.8) is 0 Å². The minimum atomic E-state index is -0.489. The molecule has 1 heterocycles. The van der Waals surface area contributed by atoms with Crippen molar-refractivity contribution >= 4 is 39.7 Å². The molecule has 0 saturated carbocycles. The van der Waals surface area contributed by atoms with E-state index >= 15 is 0 Å². The number of aliphatic hydroxyl groups excluding tert-OH is 1. The Morgan fingerprint density at radius 1 is 1.35 bits per heavy atom. The third kappa shape index (κ3) is 2.32. The SMILES string of the molecule is O=C1Nc2cccc3cc(NCC(O)CCCl)cc1c23. The molecule has 0 saturated heterocycles. The second-order valence-corrected chi connectivity index (χ2v) is 5.27. The molecule has 0 radical (unpaired) electrons. The van der Waals surface area contributed by atoms with Crippen LogP contribution in [0.4, 0.5) is 11.4 Å². The Morgan fingerprint density at radius 3 is 3.00 bits per heavy atom. The average molecular weight is 291 g/mol. The van der Waals surface area contributed by atoms with E-state index in [1.165, 1.54) is 0 Å². The molecule has 1 unspecified atom stereocenters. The summed E-state index contributed by atoms with van der Waals surface area (Å²) in [5.41, 5.74) is 2.36. The van der Waals surface area contributed by atoms with Gasteiger partial charge in [0, 0.05) is 29.2 Å². The van der Waals surface area contributed by atoms with Gasteiger partial charge in [0.05, 0.1) is 11.7 Å². The highest BCUT2D eigenvalue weighted by molar-refractivity contribution is 6.24. The van der Waals surface area contributed by atoms with E-state index in [4.69, 9.17) is 11.6 Å². The van der Waals surface area contributed by atoms with Crippen molar-refractivity contribution in [2.45, 2.75) is 12.5 Å². The van der Waals surface area contributed by atoms with Crippen molar-refractivity contribution in [3.05, 3.63) is 35.9 Å². The molecule has 4 nitrogen and oxygen atoms in total. The minimum Gasteiger partial charge on any atom is -0.391 e. The van der Waals surface area contributed by atoms with Crippen LogP contribution in [0.15, 0.2) is 30.3 Å². The predicted octanol–water partition coefficient (Wildman–Crippen LogP) is 2.81. The summed E-state index contributed by atoms with van der Waals surface area (Å²) in [5, 5.41) is 17.7. The fourth-order valence-electron chi connectivity index (χ4n) is 2.47. The summed E-state index contributed by atoms with van der Waals surface area (Å²) >= 11 is 5.59. The van der Waals surface area contributed by atoms with E-state index in [1.54, 1.807) is 0 Å². The average Bonchev–Trinajstić information content (AvgIpc) is 2.75. The number of carbonyl (C=O) groups excluding carboxylic acids is 1. The van der Waals surface area contributed by atoms with E-state index in [9.17, 15) is 9.90 Å². The van der Waals surface area contributed by atoms with Gasteiger partial charge in [0.15, 0.2) is 0 Å². The summed E-state index contributed by atoms with van der Waals surface area (Å²) in [7, 11) is 0. The highest BCUT2D eigenvalue weighted by Crippen LogP contribution is 2.35. The lowest BCUT2D eigenvalue weighted by Crippen LogP contribution is -2.19. The van der Waals surface area contributed by atoms with E-state index in [0.717, 1.165) is 22.1 Å². The molecule has 0 bridgehead atoms. The molecule has 1 aliphatic rings. The first kappa shape index (κ1) is 13.2. The number of aliphatic hydroxyl groups is 1. The van der Waals surface area contributed by atoms with Crippen LogP contribution in [0.1, 0.15) is 16.8 Å². The molecule has 5 heteroatoms. The van der Waals surface area contributed by atoms with Crippen LogP contribution in [0.2, 0.25) is 0 Å². The molecule has 0 aliphatic carbocycles. The third-order valence-electron chi connectivity index (χ3n) is 3.45. The van der Waals surface area contributed by atoms with Crippen LogP contribution in [0.5, 0.6) is 0 Å². The fraction of sp³-hybridized carbons (Fsp3) is 0.267. The zero-order valence-corrected chi connectivity index (χ0v) is 11.6. The molecule has 3 N–H and O–H groups in total. The number of hydrogen-bond donors (Lipinski definition) is 3. The van der Waals surface area contributed by atoms with Crippen LogP contribution < -0.4 is 10.6 Å².